The highest BCUT2D eigenvalue weighted by atomic mass is 16.3. The van der Waals surface area contributed by atoms with Gasteiger partial charge in [-0.2, -0.15) is 5.26 Å². The third kappa shape index (κ3) is 3.12. The molecule has 0 aliphatic rings. The van der Waals surface area contributed by atoms with Crippen LogP contribution in [-0.4, -0.2) is 21.8 Å². The van der Waals surface area contributed by atoms with Crippen LogP contribution in [0.3, 0.4) is 0 Å². The summed E-state index contributed by atoms with van der Waals surface area (Å²) in [6.45, 7) is 7.17. The topological polar surface area (TPSA) is 61.0 Å². The Kier molecular flexibility index (Phi) is 4.94. The Hall–Kier alpha value is -1.31. The lowest BCUT2D eigenvalue weighted by Gasteiger charge is -2.29. The molecule has 1 unspecified atom stereocenters. The summed E-state index contributed by atoms with van der Waals surface area (Å²) >= 11 is 0. The minimum Gasteiger partial charge on any atom is -0.396 e. The second-order valence-electron chi connectivity index (χ2n) is 5.05. The van der Waals surface area contributed by atoms with Gasteiger partial charge in [-0.1, -0.05) is 6.92 Å². The fourth-order valence-electron chi connectivity index (χ4n) is 1.99. The highest BCUT2D eigenvalue weighted by molar-refractivity contribution is 5.34. The van der Waals surface area contributed by atoms with Gasteiger partial charge in [0, 0.05) is 31.4 Å². The van der Waals surface area contributed by atoms with Gasteiger partial charge in [-0.05, 0) is 38.3 Å². The van der Waals surface area contributed by atoms with Crippen molar-refractivity contribution >= 4 is 0 Å². The van der Waals surface area contributed by atoms with Crippen LogP contribution < -0.4 is 5.32 Å². The van der Waals surface area contributed by atoms with E-state index in [0.717, 1.165) is 30.6 Å². The average molecular weight is 249 g/mol. The van der Waals surface area contributed by atoms with Crippen molar-refractivity contribution in [3.63, 3.8) is 0 Å². The Balaban J connectivity index is 2.78. The number of rotatable bonds is 6. The SMILES string of the molecule is CCC(C)(CCO)NCc1cc(C#N)n(C)c1C. The van der Waals surface area contributed by atoms with Crippen LogP contribution in [0.5, 0.6) is 0 Å². The van der Waals surface area contributed by atoms with Crippen LogP contribution >= 0.6 is 0 Å². The van der Waals surface area contributed by atoms with Crippen molar-refractivity contribution in [2.45, 2.75) is 45.7 Å². The normalized spacial score (nSPS) is 14.2. The van der Waals surface area contributed by atoms with Gasteiger partial charge < -0.3 is 15.0 Å². The maximum absolute atomic E-state index is 9.08. The maximum atomic E-state index is 9.08. The molecule has 1 aromatic heterocycles. The van der Waals surface area contributed by atoms with Crippen molar-refractivity contribution in [1.82, 2.24) is 9.88 Å². The van der Waals surface area contributed by atoms with Crippen LogP contribution in [0.2, 0.25) is 0 Å². The van der Waals surface area contributed by atoms with Gasteiger partial charge in [0.15, 0.2) is 0 Å². The second-order valence-corrected chi connectivity index (χ2v) is 5.05. The number of aliphatic hydroxyl groups is 1. The monoisotopic (exact) mass is 249 g/mol. The first-order valence-electron chi connectivity index (χ1n) is 6.38. The summed E-state index contributed by atoms with van der Waals surface area (Å²) in [6, 6.07) is 4.12. The molecule has 0 aliphatic carbocycles. The summed E-state index contributed by atoms with van der Waals surface area (Å²) in [5.74, 6) is 0. The minimum absolute atomic E-state index is 0.0517. The summed E-state index contributed by atoms with van der Waals surface area (Å²) in [5.41, 5.74) is 2.89. The molecule has 0 fully saturated rings. The van der Waals surface area contributed by atoms with Crippen LogP contribution in [0.1, 0.15) is 43.6 Å². The molecular weight excluding hydrogens is 226 g/mol. The molecule has 1 atom stereocenters. The van der Waals surface area contributed by atoms with E-state index in [4.69, 9.17) is 10.4 Å². The van der Waals surface area contributed by atoms with Crippen LogP contribution in [0.25, 0.3) is 0 Å². The Labute approximate surface area is 109 Å². The van der Waals surface area contributed by atoms with Crippen molar-refractivity contribution < 1.29 is 5.11 Å². The molecule has 4 nitrogen and oxygen atoms in total. The first-order valence-corrected chi connectivity index (χ1v) is 6.38. The molecular formula is C14H23N3O. The number of nitrogens with zero attached hydrogens (tertiary/aromatic N) is 2. The quantitative estimate of drug-likeness (QED) is 0.808. The van der Waals surface area contributed by atoms with Gasteiger partial charge in [0.1, 0.15) is 11.8 Å². The lowest BCUT2D eigenvalue weighted by Crippen LogP contribution is -2.42. The number of nitrogens with one attached hydrogen (secondary N) is 1. The predicted molar refractivity (Wildman–Crippen MR) is 72.1 cm³/mol. The molecule has 0 aromatic carbocycles. The van der Waals surface area contributed by atoms with Crippen molar-refractivity contribution in [2.24, 2.45) is 7.05 Å². The van der Waals surface area contributed by atoms with Crippen molar-refractivity contribution in [1.29, 1.82) is 5.26 Å². The molecule has 4 heteroatoms. The highest BCUT2D eigenvalue weighted by Gasteiger charge is 2.21. The number of hydrogen-bond acceptors (Lipinski definition) is 3. The smallest absolute Gasteiger partial charge is 0.120 e. The molecule has 18 heavy (non-hydrogen) atoms. The Morgan fingerprint density at radius 3 is 2.67 bits per heavy atom. The highest BCUT2D eigenvalue weighted by Crippen LogP contribution is 2.18. The molecule has 0 saturated heterocycles. The summed E-state index contributed by atoms with van der Waals surface area (Å²) in [7, 11) is 1.91. The molecule has 0 amide bonds. The largest absolute Gasteiger partial charge is 0.396 e. The summed E-state index contributed by atoms with van der Waals surface area (Å²) in [4.78, 5) is 0. The first-order chi connectivity index (χ1) is 8.47. The Morgan fingerprint density at radius 1 is 1.56 bits per heavy atom. The van der Waals surface area contributed by atoms with Gasteiger partial charge in [-0.15, -0.1) is 0 Å². The molecule has 2 N–H and O–H groups in total. The molecule has 0 bridgehead atoms. The molecule has 1 heterocycles. The number of aliphatic hydroxyl groups excluding tert-OH is 1. The van der Waals surface area contributed by atoms with E-state index < -0.39 is 0 Å². The van der Waals surface area contributed by atoms with Gasteiger partial charge in [-0.25, -0.2) is 0 Å². The minimum atomic E-state index is -0.0517. The second kappa shape index (κ2) is 6.03. The lowest BCUT2D eigenvalue weighted by atomic mass is 9.94. The van der Waals surface area contributed by atoms with Gasteiger partial charge in [0.05, 0.1) is 0 Å². The van der Waals surface area contributed by atoms with Crippen LogP contribution in [-0.2, 0) is 13.6 Å². The Bertz CT molecular complexity index is 445. The predicted octanol–water partition coefficient (Wildman–Crippen LogP) is 1.85. The number of nitriles is 1. The lowest BCUT2D eigenvalue weighted by molar-refractivity contribution is 0.214. The van der Waals surface area contributed by atoms with E-state index >= 15 is 0 Å². The van der Waals surface area contributed by atoms with Crippen molar-refractivity contribution in [2.75, 3.05) is 6.61 Å². The molecule has 1 aromatic rings. The number of aromatic nitrogens is 1. The molecule has 0 spiro atoms. The van der Waals surface area contributed by atoms with E-state index in [1.807, 2.05) is 24.6 Å². The standard InChI is InChI=1S/C14H23N3O/c1-5-14(3,6-7-18)16-10-12-8-13(9-15)17(4)11(12)2/h8,16,18H,5-7,10H2,1-4H3. The molecule has 0 radical (unpaired) electrons. The summed E-state index contributed by atoms with van der Waals surface area (Å²) < 4.78 is 1.91. The number of hydrogen-bond donors (Lipinski definition) is 2. The fraction of sp³-hybridized carbons (Fsp3) is 0.643. The molecule has 0 aliphatic heterocycles. The first kappa shape index (κ1) is 14.7. The summed E-state index contributed by atoms with van der Waals surface area (Å²) in [6.07, 6.45) is 1.70. The van der Waals surface area contributed by atoms with E-state index in [2.05, 4.69) is 25.2 Å². The Morgan fingerprint density at radius 2 is 2.22 bits per heavy atom. The van der Waals surface area contributed by atoms with Gasteiger partial charge in [0.2, 0.25) is 0 Å². The van der Waals surface area contributed by atoms with Gasteiger partial charge >= 0.3 is 0 Å². The third-order valence-corrected chi connectivity index (χ3v) is 3.90. The zero-order valence-corrected chi connectivity index (χ0v) is 11.7. The molecule has 100 valence electrons. The van der Waals surface area contributed by atoms with Gasteiger partial charge in [-0.3, -0.25) is 0 Å². The van der Waals surface area contributed by atoms with Crippen molar-refractivity contribution in [3.05, 3.63) is 23.0 Å². The fourth-order valence-corrected chi connectivity index (χ4v) is 1.99. The van der Waals surface area contributed by atoms with Crippen LogP contribution in [0, 0.1) is 18.3 Å². The van der Waals surface area contributed by atoms with E-state index in [-0.39, 0.29) is 12.1 Å². The zero-order chi connectivity index (χ0) is 13.8. The van der Waals surface area contributed by atoms with Gasteiger partial charge in [0.25, 0.3) is 0 Å². The molecule has 0 saturated carbocycles. The van der Waals surface area contributed by atoms with E-state index in [1.165, 1.54) is 0 Å². The van der Waals surface area contributed by atoms with Crippen LogP contribution in [0.15, 0.2) is 6.07 Å². The van der Waals surface area contributed by atoms with E-state index in [0.29, 0.717) is 5.69 Å². The third-order valence-electron chi connectivity index (χ3n) is 3.90. The zero-order valence-electron chi connectivity index (χ0n) is 11.7. The van der Waals surface area contributed by atoms with Crippen LogP contribution in [0.4, 0.5) is 0 Å². The van der Waals surface area contributed by atoms with E-state index in [1.54, 1.807) is 0 Å². The summed E-state index contributed by atoms with van der Waals surface area (Å²) in [5, 5.41) is 21.6. The van der Waals surface area contributed by atoms with Crippen molar-refractivity contribution in [3.8, 4) is 6.07 Å². The average Bonchev–Trinajstić information content (AvgIpc) is 2.64. The molecule has 1 rings (SSSR count). The maximum Gasteiger partial charge on any atom is 0.120 e. The van der Waals surface area contributed by atoms with E-state index in [9.17, 15) is 0 Å².